The third kappa shape index (κ3) is 5.21. The van der Waals surface area contributed by atoms with Crippen molar-refractivity contribution in [2.24, 2.45) is 5.41 Å². The molecule has 0 unspecified atom stereocenters. The molecule has 2 N–H and O–H groups in total. The lowest BCUT2D eigenvalue weighted by atomic mass is 9.92. The minimum absolute atomic E-state index is 0.0151. The van der Waals surface area contributed by atoms with Gasteiger partial charge in [0.15, 0.2) is 0 Å². The molecular formula is C15H24N2O. The van der Waals surface area contributed by atoms with Crippen LogP contribution >= 0.6 is 0 Å². The van der Waals surface area contributed by atoms with Crippen LogP contribution in [0.25, 0.3) is 0 Å². The van der Waals surface area contributed by atoms with E-state index < -0.39 is 0 Å². The number of hydrogen-bond donors (Lipinski definition) is 2. The highest BCUT2D eigenvalue weighted by Gasteiger charge is 2.09. The van der Waals surface area contributed by atoms with Crippen LogP contribution in [0.4, 0.5) is 5.69 Å². The van der Waals surface area contributed by atoms with Gasteiger partial charge < -0.3 is 10.6 Å². The van der Waals surface area contributed by atoms with Crippen molar-refractivity contribution < 1.29 is 4.79 Å². The highest BCUT2D eigenvalue weighted by Crippen LogP contribution is 2.18. The number of hydrogen-bond acceptors (Lipinski definition) is 2. The highest BCUT2D eigenvalue weighted by molar-refractivity contribution is 5.94. The second kappa shape index (κ2) is 6.43. The fourth-order valence-electron chi connectivity index (χ4n) is 1.58. The van der Waals surface area contributed by atoms with E-state index in [0.717, 1.165) is 18.7 Å². The Morgan fingerprint density at radius 1 is 1.17 bits per heavy atom. The Kier molecular flexibility index (Phi) is 5.20. The Labute approximate surface area is 110 Å². The molecule has 100 valence electrons. The van der Waals surface area contributed by atoms with Gasteiger partial charge in [-0.05, 0) is 43.0 Å². The van der Waals surface area contributed by atoms with Crippen LogP contribution in [0.2, 0.25) is 0 Å². The fourth-order valence-corrected chi connectivity index (χ4v) is 1.58. The minimum Gasteiger partial charge on any atom is -0.385 e. The van der Waals surface area contributed by atoms with E-state index in [1.54, 1.807) is 0 Å². The zero-order chi connectivity index (χ0) is 13.6. The number of benzene rings is 1. The summed E-state index contributed by atoms with van der Waals surface area (Å²) in [4.78, 5) is 11.6. The van der Waals surface area contributed by atoms with Gasteiger partial charge in [-0.15, -0.1) is 0 Å². The topological polar surface area (TPSA) is 41.1 Å². The van der Waals surface area contributed by atoms with E-state index in [1.807, 2.05) is 31.2 Å². The predicted octanol–water partition coefficient (Wildman–Crippen LogP) is 3.28. The van der Waals surface area contributed by atoms with Gasteiger partial charge in [-0.3, -0.25) is 4.79 Å². The van der Waals surface area contributed by atoms with Crippen LogP contribution in [0, 0.1) is 5.41 Å². The molecule has 0 bridgehead atoms. The zero-order valence-electron chi connectivity index (χ0n) is 11.8. The Balaban J connectivity index is 2.48. The minimum atomic E-state index is -0.0151. The van der Waals surface area contributed by atoms with Crippen molar-refractivity contribution in [2.45, 2.75) is 34.1 Å². The standard InChI is InChI=1S/C15H24N2O/c1-5-16-14(18)12-6-8-13(9-7-12)17-11-10-15(2,3)4/h6-9,17H,5,10-11H2,1-4H3,(H,16,18). The Bertz CT molecular complexity index is 376. The number of rotatable bonds is 5. The van der Waals surface area contributed by atoms with Crippen molar-refractivity contribution in [3.05, 3.63) is 29.8 Å². The van der Waals surface area contributed by atoms with E-state index >= 15 is 0 Å². The summed E-state index contributed by atoms with van der Waals surface area (Å²) in [5, 5.41) is 6.15. The normalized spacial score (nSPS) is 11.1. The molecule has 3 heteroatoms. The summed E-state index contributed by atoms with van der Waals surface area (Å²) in [5.41, 5.74) is 2.11. The van der Waals surface area contributed by atoms with Gasteiger partial charge in [-0.1, -0.05) is 20.8 Å². The van der Waals surface area contributed by atoms with Crippen molar-refractivity contribution in [3.63, 3.8) is 0 Å². The summed E-state index contributed by atoms with van der Waals surface area (Å²) in [6.45, 7) is 10.2. The molecule has 0 spiro atoms. The third-order valence-electron chi connectivity index (χ3n) is 2.69. The highest BCUT2D eigenvalue weighted by atomic mass is 16.1. The maximum atomic E-state index is 11.6. The molecule has 0 atom stereocenters. The molecule has 3 nitrogen and oxygen atoms in total. The lowest BCUT2D eigenvalue weighted by Crippen LogP contribution is -2.22. The number of anilines is 1. The molecular weight excluding hydrogens is 224 g/mol. The lowest BCUT2D eigenvalue weighted by molar-refractivity contribution is 0.0956. The Morgan fingerprint density at radius 2 is 1.78 bits per heavy atom. The summed E-state index contributed by atoms with van der Waals surface area (Å²) in [7, 11) is 0. The molecule has 1 aromatic rings. The van der Waals surface area contributed by atoms with E-state index in [0.29, 0.717) is 17.5 Å². The van der Waals surface area contributed by atoms with Crippen molar-refractivity contribution in [2.75, 3.05) is 18.4 Å². The van der Waals surface area contributed by atoms with Crippen LogP contribution < -0.4 is 10.6 Å². The quantitative estimate of drug-likeness (QED) is 0.839. The van der Waals surface area contributed by atoms with E-state index in [2.05, 4.69) is 31.4 Å². The number of carbonyl (C=O) groups is 1. The first-order valence-electron chi connectivity index (χ1n) is 6.54. The van der Waals surface area contributed by atoms with Gasteiger partial charge in [0.1, 0.15) is 0 Å². The molecule has 0 saturated carbocycles. The zero-order valence-corrected chi connectivity index (χ0v) is 11.8. The first-order valence-corrected chi connectivity index (χ1v) is 6.54. The lowest BCUT2D eigenvalue weighted by Gasteiger charge is -2.18. The van der Waals surface area contributed by atoms with Gasteiger partial charge >= 0.3 is 0 Å². The predicted molar refractivity (Wildman–Crippen MR) is 77.0 cm³/mol. The smallest absolute Gasteiger partial charge is 0.251 e. The van der Waals surface area contributed by atoms with Crippen LogP contribution in [-0.2, 0) is 0 Å². The van der Waals surface area contributed by atoms with Gasteiger partial charge in [0.2, 0.25) is 0 Å². The molecule has 1 rings (SSSR count). The molecule has 1 aromatic carbocycles. The summed E-state index contributed by atoms with van der Waals surface area (Å²) < 4.78 is 0. The maximum absolute atomic E-state index is 11.6. The first kappa shape index (κ1) is 14.6. The largest absolute Gasteiger partial charge is 0.385 e. The van der Waals surface area contributed by atoms with Gasteiger partial charge in [0, 0.05) is 24.3 Å². The number of amides is 1. The second-order valence-corrected chi connectivity index (χ2v) is 5.67. The molecule has 0 aliphatic carbocycles. The first-order chi connectivity index (χ1) is 8.42. The van der Waals surface area contributed by atoms with Crippen LogP contribution in [0.5, 0.6) is 0 Å². The van der Waals surface area contributed by atoms with Gasteiger partial charge in [0.05, 0.1) is 0 Å². The second-order valence-electron chi connectivity index (χ2n) is 5.67. The van der Waals surface area contributed by atoms with Crippen molar-refractivity contribution >= 4 is 11.6 Å². The summed E-state index contributed by atoms with van der Waals surface area (Å²) in [6, 6.07) is 7.61. The summed E-state index contributed by atoms with van der Waals surface area (Å²) in [6.07, 6.45) is 1.12. The Morgan fingerprint density at radius 3 is 2.28 bits per heavy atom. The van der Waals surface area contributed by atoms with Crippen molar-refractivity contribution in [3.8, 4) is 0 Å². The molecule has 0 aromatic heterocycles. The molecule has 0 saturated heterocycles. The van der Waals surface area contributed by atoms with E-state index in [4.69, 9.17) is 0 Å². The average Bonchev–Trinajstić information content (AvgIpc) is 2.28. The van der Waals surface area contributed by atoms with Crippen LogP contribution in [0.1, 0.15) is 44.5 Å². The van der Waals surface area contributed by atoms with Gasteiger partial charge in [-0.2, -0.15) is 0 Å². The molecule has 0 aliphatic heterocycles. The van der Waals surface area contributed by atoms with Crippen LogP contribution in [-0.4, -0.2) is 19.0 Å². The summed E-state index contributed by atoms with van der Waals surface area (Å²) in [5.74, 6) is -0.0151. The SMILES string of the molecule is CCNC(=O)c1ccc(NCCC(C)(C)C)cc1. The number of carbonyl (C=O) groups excluding carboxylic acids is 1. The molecule has 0 heterocycles. The average molecular weight is 248 g/mol. The maximum Gasteiger partial charge on any atom is 0.251 e. The van der Waals surface area contributed by atoms with Crippen LogP contribution in [0.3, 0.4) is 0 Å². The third-order valence-corrected chi connectivity index (χ3v) is 2.69. The van der Waals surface area contributed by atoms with E-state index in [-0.39, 0.29) is 5.91 Å². The van der Waals surface area contributed by atoms with Crippen molar-refractivity contribution in [1.29, 1.82) is 0 Å². The van der Waals surface area contributed by atoms with E-state index in [1.165, 1.54) is 0 Å². The fraction of sp³-hybridized carbons (Fsp3) is 0.533. The molecule has 0 aliphatic rings. The van der Waals surface area contributed by atoms with Crippen LogP contribution in [0.15, 0.2) is 24.3 Å². The van der Waals surface area contributed by atoms with Crippen molar-refractivity contribution in [1.82, 2.24) is 5.32 Å². The summed E-state index contributed by atoms with van der Waals surface area (Å²) >= 11 is 0. The number of nitrogens with one attached hydrogen (secondary N) is 2. The van der Waals surface area contributed by atoms with Gasteiger partial charge in [-0.25, -0.2) is 0 Å². The Hall–Kier alpha value is -1.51. The molecule has 1 amide bonds. The van der Waals surface area contributed by atoms with Gasteiger partial charge in [0.25, 0.3) is 5.91 Å². The molecule has 18 heavy (non-hydrogen) atoms. The molecule has 0 radical (unpaired) electrons. The van der Waals surface area contributed by atoms with E-state index in [9.17, 15) is 4.79 Å². The molecule has 0 fully saturated rings. The monoisotopic (exact) mass is 248 g/mol.